The second-order valence-electron chi connectivity index (χ2n) is 7.95. The lowest BCUT2D eigenvalue weighted by Gasteiger charge is -2.19. The monoisotopic (exact) mass is 500 g/mol. The zero-order valence-electron chi connectivity index (χ0n) is 19.1. The summed E-state index contributed by atoms with van der Waals surface area (Å²) in [4.78, 5) is 13.3. The SMILES string of the molecule is N=C(N)c1ccc(OC(C(=O)Nc2ccc(-c3ccccc3S(N)(=O)=O)cc2)c2ccccc2)cc1. The van der Waals surface area contributed by atoms with Gasteiger partial charge in [-0.05, 0) is 48.0 Å². The third-order valence-corrected chi connectivity index (χ3v) is 6.39. The summed E-state index contributed by atoms with van der Waals surface area (Å²) in [5.74, 6) is -0.0116. The first kappa shape index (κ1) is 24.6. The van der Waals surface area contributed by atoms with E-state index in [1.54, 1.807) is 78.9 Å². The molecule has 1 unspecified atom stereocenters. The van der Waals surface area contributed by atoms with Crippen LogP contribution in [0.2, 0.25) is 0 Å². The predicted octanol–water partition coefficient (Wildman–Crippen LogP) is 4.04. The van der Waals surface area contributed by atoms with E-state index in [1.165, 1.54) is 6.07 Å². The first-order valence-electron chi connectivity index (χ1n) is 10.9. The maximum absolute atomic E-state index is 13.2. The van der Waals surface area contributed by atoms with Gasteiger partial charge in [0.2, 0.25) is 16.1 Å². The van der Waals surface area contributed by atoms with Crippen LogP contribution in [0.4, 0.5) is 5.69 Å². The molecule has 8 nitrogen and oxygen atoms in total. The average Bonchev–Trinajstić information content (AvgIpc) is 2.88. The van der Waals surface area contributed by atoms with Crippen molar-refractivity contribution >= 4 is 27.5 Å². The zero-order valence-corrected chi connectivity index (χ0v) is 19.9. The minimum atomic E-state index is -3.89. The van der Waals surface area contributed by atoms with Gasteiger partial charge in [0, 0.05) is 22.4 Å². The Balaban J connectivity index is 1.57. The Hall–Kier alpha value is -4.47. The first-order chi connectivity index (χ1) is 17.2. The van der Waals surface area contributed by atoms with Gasteiger partial charge in [0.25, 0.3) is 5.91 Å². The maximum Gasteiger partial charge on any atom is 0.270 e. The number of carbonyl (C=O) groups is 1. The number of primary sulfonamides is 1. The molecule has 0 saturated carbocycles. The van der Waals surface area contributed by atoms with Crippen LogP contribution in [0.5, 0.6) is 5.75 Å². The van der Waals surface area contributed by atoms with Crippen molar-refractivity contribution in [1.82, 2.24) is 0 Å². The molecule has 0 radical (unpaired) electrons. The molecule has 0 spiro atoms. The molecule has 0 aliphatic rings. The number of ether oxygens (including phenoxy) is 1. The molecule has 4 aromatic carbocycles. The summed E-state index contributed by atoms with van der Waals surface area (Å²) in [6.45, 7) is 0. The predicted molar refractivity (Wildman–Crippen MR) is 139 cm³/mol. The summed E-state index contributed by atoms with van der Waals surface area (Å²) in [5.41, 5.74) is 8.33. The largest absolute Gasteiger partial charge is 0.476 e. The highest BCUT2D eigenvalue weighted by molar-refractivity contribution is 7.89. The third-order valence-electron chi connectivity index (χ3n) is 5.42. The molecular weight excluding hydrogens is 476 g/mol. The van der Waals surface area contributed by atoms with E-state index < -0.39 is 22.0 Å². The number of hydrogen-bond donors (Lipinski definition) is 4. The normalized spacial score (nSPS) is 11.9. The molecule has 0 heterocycles. The number of nitrogens with one attached hydrogen (secondary N) is 2. The third kappa shape index (κ3) is 5.77. The number of benzene rings is 4. The Bertz CT molecular complexity index is 1490. The van der Waals surface area contributed by atoms with Gasteiger partial charge in [0.1, 0.15) is 11.6 Å². The fourth-order valence-electron chi connectivity index (χ4n) is 3.64. The first-order valence-corrected chi connectivity index (χ1v) is 12.5. The average molecular weight is 501 g/mol. The van der Waals surface area contributed by atoms with Crippen molar-refractivity contribution in [3.63, 3.8) is 0 Å². The van der Waals surface area contributed by atoms with Gasteiger partial charge in [-0.25, -0.2) is 13.6 Å². The molecule has 0 aliphatic heterocycles. The van der Waals surface area contributed by atoms with Gasteiger partial charge < -0.3 is 15.8 Å². The fraction of sp³-hybridized carbons (Fsp3) is 0.0370. The van der Waals surface area contributed by atoms with Gasteiger partial charge in [-0.15, -0.1) is 0 Å². The number of carbonyl (C=O) groups excluding carboxylic acids is 1. The van der Waals surface area contributed by atoms with Gasteiger partial charge in [-0.2, -0.15) is 0 Å². The fourth-order valence-corrected chi connectivity index (χ4v) is 4.40. The molecule has 1 amide bonds. The number of nitrogen functional groups attached to an aromatic ring is 1. The topological polar surface area (TPSA) is 148 Å². The van der Waals surface area contributed by atoms with Crippen LogP contribution >= 0.6 is 0 Å². The van der Waals surface area contributed by atoms with Gasteiger partial charge in [-0.3, -0.25) is 10.2 Å². The van der Waals surface area contributed by atoms with E-state index in [1.807, 2.05) is 18.2 Å². The molecule has 6 N–H and O–H groups in total. The quantitative estimate of drug-likeness (QED) is 0.213. The lowest BCUT2D eigenvalue weighted by Crippen LogP contribution is -2.25. The highest BCUT2D eigenvalue weighted by atomic mass is 32.2. The number of sulfonamides is 1. The standard InChI is InChI=1S/C27H24N4O4S/c28-26(29)20-12-16-22(17-13-20)35-25(19-6-2-1-3-7-19)27(32)31-21-14-10-18(11-15-21)23-8-4-5-9-24(23)36(30,33)34/h1-17,25H,(H3,28,29)(H,31,32)(H2,30,33,34). The lowest BCUT2D eigenvalue weighted by molar-refractivity contribution is -0.123. The van der Waals surface area contributed by atoms with Crippen LogP contribution in [-0.4, -0.2) is 20.2 Å². The van der Waals surface area contributed by atoms with Crippen molar-refractivity contribution in [3.05, 3.63) is 114 Å². The zero-order chi connectivity index (χ0) is 25.7. The number of amides is 1. The molecule has 4 aromatic rings. The molecule has 0 fully saturated rings. The molecule has 9 heteroatoms. The molecule has 0 aromatic heterocycles. The number of rotatable bonds is 8. The van der Waals surface area contributed by atoms with E-state index in [-0.39, 0.29) is 10.7 Å². The minimum absolute atomic E-state index is 0.0233. The Morgan fingerprint density at radius 3 is 2.06 bits per heavy atom. The molecule has 0 saturated heterocycles. The number of nitrogens with two attached hydrogens (primary N) is 2. The van der Waals surface area contributed by atoms with Crippen molar-refractivity contribution in [2.75, 3.05) is 5.32 Å². The van der Waals surface area contributed by atoms with E-state index in [4.69, 9.17) is 21.0 Å². The summed E-state index contributed by atoms with van der Waals surface area (Å²) in [7, 11) is -3.89. The van der Waals surface area contributed by atoms with Crippen LogP contribution < -0.4 is 20.9 Å². The van der Waals surface area contributed by atoms with E-state index in [2.05, 4.69) is 5.32 Å². The molecule has 0 aliphatic carbocycles. The second kappa shape index (κ2) is 10.4. The van der Waals surface area contributed by atoms with Crippen molar-refractivity contribution in [2.45, 2.75) is 11.0 Å². The van der Waals surface area contributed by atoms with E-state index in [0.29, 0.717) is 33.7 Å². The van der Waals surface area contributed by atoms with E-state index >= 15 is 0 Å². The molecule has 0 bridgehead atoms. The van der Waals surface area contributed by atoms with E-state index in [9.17, 15) is 13.2 Å². The Morgan fingerprint density at radius 1 is 0.833 bits per heavy atom. The van der Waals surface area contributed by atoms with Crippen molar-refractivity contribution in [2.24, 2.45) is 10.9 Å². The summed E-state index contributed by atoms with van der Waals surface area (Å²) in [6, 6.07) is 28.9. The van der Waals surface area contributed by atoms with Gasteiger partial charge in [0.05, 0.1) is 4.90 Å². The van der Waals surface area contributed by atoms with Crippen LogP contribution in [0.15, 0.2) is 108 Å². The van der Waals surface area contributed by atoms with Crippen LogP contribution in [0.1, 0.15) is 17.2 Å². The van der Waals surface area contributed by atoms with Crippen LogP contribution in [0.3, 0.4) is 0 Å². The highest BCUT2D eigenvalue weighted by Gasteiger charge is 2.23. The van der Waals surface area contributed by atoms with Gasteiger partial charge >= 0.3 is 0 Å². The summed E-state index contributed by atoms with van der Waals surface area (Å²) in [6.07, 6.45) is -0.947. The second-order valence-corrected chi connectivity index (χ2v) is 9.48. The van der Waals surface area contributed by atoms with Crippen LogP contribution in [0.25, 0.3) is 11.1 Å². The molecular formula is C27H24N4O4S. The van der Waals surface area contributed by atoms with E-state index in [0.717, 1.165) is 0 Å². The van der Waals surface area contributed by atoms with Gasteiger partial charge in [0.15, 0.2) is 0 Å². The van der Waals surface area contributed by atoms with Crippen molar-refractivity contribution in [1.29, 1.82) is 5.41 Å². The minimum Gasteiger partial charge on any atom is -0.476 e. The van der Waals surface area contributed by atoms with Crippen LogP contribution in [-0.2, 0) is 14.8 Å². The maximum atomic E-state index is 13.2. The van der Waals surface area contributed by atoms with Gasteiger partial charge in [-0.1, -0.05) is 60.7 Å². The lowest BCUT2D eigenvalue weighted by atomic mass is 10.0. The molecule has 1 atom stereocenters. The summed E-state index contributed by atoms with van der Waals surface area (Å²) >= 11 is 0. The molecule has 4 rings (SSSR count). The smallest absolute Gasteiger partial charge is 0.270 e. The summed E-state index contributed by atoms with van der Waals surface area (Å²) in [5, 5.41) is 15.7. The molecule has 182 valence electrons. The Morgan fingerprint density at radius 2 is 1.44 bits per heavy atom. The number of anilines is 1. The Kier molecular flexibility index (Phi) is 7.14. The number of amidine groups is 1. The van der Waals surface area contributed by atoms with Crippen molar-refractivity contribution < 1.29 is 17.9 Å². The Labute approximate surface area is 209 Å². The summed E-state index contributed by atoms with van der Waals surface area (Å²) < 4.78 is 29.9. The molecule has 36 heavy (non-hydrogen) atoms. The highest BCUT2D eigenvalue weighted by Crippen LogP contribution is 2.29. The number of hydrogen-bond acceptors (Lipinski definition) is 5. The van der Waals surface area contributed by atoms with Crippen LogP contribution in [0, 0.1) is 5.41 Å². The van der Waals surface area contributed by atoms with Crippen molar-refractivity contribution in [3.8, 4) is 16.9 Å².